The van der Waals surface area contributed by atoms with Crippen LogP contribution in [0.15, 0.2) is 12.1 Å². The molecule has 0 saturated carbocycles. The van der Waals surface area contributed by atoms with Gasteiger partial charge in [-0.15, -0.1) is 0 Å². The highest BCUT2D eigenvalue weighted by Crippen LogP contribution is 2.38. The van der Waals surface area contributed by atoms with Gasteiger partial charge in [0.05, 0.1) is 13.2 Å². The summed E-state index contributed by atoms with van der Waals surface area (Å²) in [6, 6.07) is 3.20. The molecule has 1 aromatic carbocycles. The average molecular weight is 314 g/mol. The number of carboxylic acid groups (broad SMARTS) is 1. The molecule has 1 heterocycles. The third-order valence-electron chi connectivity index (χ3n) is 3.45. The summed E-state index contributed by atoms with van der Waals surface area (Å²) in [5.41, 5.74) is 6.93. The van der Waals surface area contributed by atoms with Crippen LogP contribution in [0.4, 0.5) is 0 Å². The van der Waals surface area contributed by atoms with Gasteiger partial charge in [0.25, 0.3) is 0 Å². The molecule has 21 heavy (non-hydrogen) atoms. The predicted molar refractivity (Wildman–Crippen MR) is 80.0 cm³/mol. The molecule has 116 valence electrons. The lowest BCUT2D eigenvalue weighted by Crippen LogP contribution is -2.16. The second kappa shape index (κ2) is 7.00. The molecule has 0 saturated heterocycles. The number of halogens is 1. The summed E-state index contributed by atoms with van der Waals surface area (Å²) in [7, 11) is 0. The van der Waals surface area contributed by atoms with Gasteiger partial charge in [-0.05, 0) is 24.0 Å². The molecule has 1 aliphatic rings. The molecule has 0 spiro atoms. The van der Waals surface area contributed by atoms with Crippen molar-refractivity contribution < 1.29 is 19.4 Å². The van der Waals surface area contributed by atoms with Gasteiger partial charge in [0.15, 0.2) is 11.5 Å². The molecule has 2 atom stereocenters. The third kappa shape index (κ3) is 4.25. The third-order valence-corrected chi connectivity index (χ3v) is 3.77. The highest BCUT2D eigenvalue weighted by Gasteiger charge is 2.20. The van der Waals surface area contributed by atoms with Crippen LogP contribution in [-0.4, -0.2) is 24.3 Å². The fraction of sp³-hybridized carbons (Fsp3) is 0.533. The molecule has 0 radical (unpaired) electrons. The zero-order valence-electron chi connectivity index (χ0n) is 12.0. The van der Waals surface area contributed by atoms with Crippen molar-refractivity contribution in [3.05, 3.63) is 22.7 Å². The molecule has 6 heteroatoms. The molecule has 1 aliphatic heterocycles. The molecular weight excluding hydrogens is 294 g/mol. The van der Waals surface area contributed by atoms with Gasteiger partial charge in [0.1, 0.15) is 0 Å². The monoisotopic (exact) mass is 313 g/mol. The molecule has 0 bridgehead atoms. The van der Waals surface area contributed by atoms with Gasteiger partial charge < -0.3 is 20.3 Å². The summed E-state index contributed by atoms with van der Waals surface area (Å²) in [4.78, 5) is 10.7. The van der Waals surface area contributed by atoms with Crippen molar-refractivity contribution in [2.24, 2.45) is 11.7 Å². The smallest absolute Gasteiger partial charge is 0.303 e. The maximum atomic E-state index is 10.7. The van der Waals surface area contributed by atoms with Crippen molar-refractivity contribution in [2.75, 3.05) is 13.2 Å². The summed E-state index contributed by atoms with van der Waals surface area (Å²) in [6.45, 7) is 3.06. The standard InChI is InChI=1S/C15H20ClNO4/c1-9(6-15(18)19)5-12(17)10-7-13-14(8-11(10)16)21-4-2-3-20-13/h7-9,12H,2-6,17H2,1H3,(H,18,19). The maximum absolute atomic E-state index is 10.7. The lowest BCUT2D eigenvalue weighted by molar-refractivity contribution is -0.138. The zero-order valence-corrected chi connectivity index (χ0v) is 12.7. The van der Waals surface area contributed by atoms with Crippen LogP contribution in [0.3, 0.4) is 0 Å². The quantitative estimate of drug-likeness (QED) is 0.873. The van der Waals surface area contributed by atoms with Gasteiger partial charge in [-0.2, -0.15) is 0 Å². The van der Waals surface area contributed by atoms with Gasteiger partial charge in [-0.25, -0.2) is 0 Å². The van der Waals surface area contributed by atoms with Crippen molar-refractivity contribution in [2.45, 2.75) is 32.2 Å². The Kier molecular flexibility index (Phi) is 5.31. The van der Waals surface area contributed by atoms with Crippen molar-refractivity contribution in [3.63, 3.8) is 0 Å². The summed E-state index contributed by atoms with van der Waals surface area (Å²) in [5.74, 6) is 0.435. The van der Waals surface area contributed by atoms with Crippen LogP contribution in [0.1, 0.15) is 37.8 Å². The lowest BCUT2D eigenvalue weighted by Gasteiger charge is -2.19. The highest BCUT2D eigenvalue weighted by molar-refractivity contribution is 6.31. The second-order valence-electron chi connectivity index (χ2n) is 5.42. The molecule has 0 fully saturated rings. The van der Waals surface area contributed by atoms with E-state index in [-0.39, 0.29) is 18.4 Å². The van der Waals surface area contributed by atoms with E-state index in [1.807, 2.05) is 6.92 Å². The number of carboxylic acids is 1. The van der Waals surface area contributed by atoms with Crippen LogP contribution >= 0.6 is 11.6 Å². The molecule has 0 aromatic heterocycles. The normalized spacial score (nSPS) is 16.9. The van der Waals surface area contributed by atoms with Crippen molar-refractivity contribution in [1.82, 2.24) is 0 Å². The average Bonchev–Trinajstić information content (AvgIpc) is 2.61. The second-order valence-corrected chi connectivity index (χ2v) is 5.82. The van der Waals surface area contributed by atoms with Crippen molar-refractivity contribution >= 4 is 17.6 Å². The number of benzene rings is 1. The molecular formula is C15H20ClNO4. The number of carbonyl (C=O) groups is 1. The van der Waals surface area contributed by atoms with Gasteiger partial charge in [0, 0.05) is 30.0 Å². The first-order chi connectivity index (χ1) is 9.97. The van der Waals surface area contributed by atoms with E-state index in [1.165, 1.54) is 0 Å². The Hall–Kier alpha value is -1.46. The number of hydrogen-bond donors (Lipinski definition) is 2. The topological polar surface area (TPSA) is 81.8 Å². The molecule has 2 unspecified atom stereocenters. The Bertz CT molecular complexity index is 521. The molecule has 3 N–H and O–H groups in total. The Morgan fingerprint density at radius 1 is 1.38 bits per heavy atom. The summed E-state index contributed by atoms with van der Waals surface area (Å²) < 4.78 is 11.2. The largest absolute Gasteiger partial charge is 0.490 e. The first-order valence-electron chi connectivity index (χ1n) is 7.03. The molecule has 2 rings (SSSR count). The summed E-state index contributed by atoms with van der Waals surface area (Å²) >= 11 is 6.27. The minimum absolute atomic E-state index is 0.0236. The van der Waals surface area contributed by atoms with Gasteiger partial charge in [-0.3, -0.25) is 4.79 Å². The summed E-state index contributed by atoms with van der Waals surface area (Å²) in [5, 5.41) is 9.33. The van der Waals surface area contributed by atoms with Crippen LogP contribution in [0.25, 0.3) is 0 Å². The number of hydrogen-bond acceptors (Lipinski definition) is 4. The molecule has 0 amide bonds. The van der Waals surface area contributed by atoms with E-state index < -0.39 is 5.97 Å². The SMILES string of the molecule is CC(CC(=O)O)CC(N)c1cc2c(cc1Cl)OCCCO2. The first-order valence-corrected chi connectivity index (χ1v) is 7.41. The van der Waals surface area contributed by atoms with Crippen LogP contribution < -0.4 is 15.2 Å². The number of ether oxygens (including phenoxy) is 2. The number of fused-ring (bicyclic) bond motifs is 1. The summed E-state index contributed by atoms with van der Waals surface area (Å²) in [6.07, 6.45) is 1.46. The maximum Gasteiger partial charge on any atom is 0.303 e. The fourth-order valence-electron chi connectivity index (χ4n) is 2.43. The Labute approximate surface area is 129 Å². The van der Waals surface area contributed by atoms with E-state index in [9.17, 15) is 4.79 Å². The van der Waals surface area contributed by atoms with E-state index in [4.69, 9.17) is 31.9 Å². The van der Waals surface area contributed by atoms with E-state index in [1.54, 1.807) is 12.1 Å². The van der Waals surface area contributed by atoms with Gasteiger partial charge >= 0.3 is 5.97 Å². The van der Waals surface area contributed by atoms with Gasteiger partial charge in [0.2, 0.25) is 0 Å². The Morgan fingerprint density at radius 2 is 2.00 bits per heavy atom. The Morgan fingerprint density at radius 3 is 2.62 bits per heavy atom. The Balaban J connectivity index is 2.15. The number of nitrogens with two attached hydrogens (primary N) is 1. The molecule has 1 aromatic rings. The minimum Gasteiger partial charge on any atom is -0.490 e. The van der Waals surface area contributed by atoms with Crippen LogP contribution in [-0.2, 0) is 4.79 Å². The van der Waals surface area contributed by atoms with Crippen LogP contribution in [0.2, 0.25) is 5.02 Å². The van der Waals surface area contributed by atoms with Crippen molar-refractivity contribution in [3.8, 4) is 11.5 Å². The molecule has 0 aliphatic carbocycles. The lowest BCUT2D eigenvalue weighted by atomic mass is 9.94. The number of aliphatic carboxylic acids is 1. The van der Waals surface area contributed by atoms with E-state index in [0.717, 1.165) is 12.0 Å². The minimum atomic E-state index is -0.820. The van der Waals surface area contributed by atoms with E-state index >= 15 is 0 Å². The number of rotatable bonds is 5. The van der Waals surface area contributed by atoms with Gasteiger partial charge in [-0.1, -0.05) is 18.5 Å². The van der Waals surface area contributed by atoms with Crippen LogP contribution in [0, 0.1) is 5.92 Å². The van der Waals surface area contributed by atoms with E-state index in [0.29, 0.717) is 36.2 Å². The molecule has 5 nitrogen and oxygen atoms in total. The zero-order chi connectivity index (χ0) is 15.4. The highest BCUT2D eigenvalue weighted by atomic mass is 35.5. The fourth-order valence-corrected chi connectivity index (χ4v) is 2.72. The van der Waals surface area contributed by atoms with Crippen LogP contribution in [0.5, 0.6) is 11.5 Å². The van der Waals surface area contributed by atoms with E-state index in [2.05, 4.69) is 0 Å². The first kappa shape index (κ1) is 15.9. The van der Waals surface area contributed by atoms with Crippen molar-refractivity contribution in [1.29, 1.82) is 0 Å². The predicted octanol–water partition coefficient (Wildman–Crippen LogP) is 3.00.